The van der Waals surface area contributed by atoms with E-state index >= 15 is 0 Å². The van der Waals surface area contributed by atoms with Gasteiger partial charge in [-0.05, 0) is 41.6 Å². The highest BCUT2D eigenvalue weighted by Crippen LogP contribution is 2.38. The summed E-state index contributed by atoms with van der Waals surface area (Å²) in [6.45, 7) is 3.20. The van der Waals surface area contributed by atoms with Gasteiger partial charge in [0.1, 0.15) is 6.61 Å². The topological polar surface area (TPSA) is 38.8 Å². The van der Waals surface area contributed by atoms with Gasteiger partial charge in [0.25, 0.3) is 0 Å². The van der Waals surface area contributed by atoms with Crippen molar-refractivity contribution < 1.29 is 14.3 Å². The number of fused-ring (bicyclic) bond motifs is 1. The first-order chi connectivity index (χ1) is 11.6. The minimum Gasteiger partial charge on any atom is -0.493 e. The average Bonchev–Trinajstić information content (AvgIpc) is 2.83. The normalized spacial score (nSPS) is 13.7. The van der Waals surface area contributed by atoms with Gasteiger partial charge in [-0.1, -0.05) is 12.1 Å². The van der Waals surface area contributed by atoms with Crippen LogP contribution in [0.5, 0.6) is 11.5 Å². The Labute approximate surface area is 146 Å². The van der Waals surface area contributed by atoms with E-state index in [1.807, 2.05) is 6.07 Å². The lowest BCUT2D eigenvalue weighted by Crippen LogP contribution is -2.30. The Morgan fingerprint density at radius 2 is 1.96 bits per heavy atom. The van der Waals surface area contributed by atoms with E-state index < -0.39 is 0 Å². The van der Waals surface area contributed by atoms with Crippen LogP contribution in [0.3, 0.4) is 0 Å². The Bertz CT molecular complexity index is 743. The van der Waals surface area contributed by atoms with Gasteiger partial charge in [0, 0.05) is 23.9 Å². The Morgan fingerprint density at radius 3 is 2.58 bits per heavy atom. The largest absolute Gasteiger partial charge is 0.493 e. The van der Waals surface area contributed by atoms with Crippen LogP contribution >= 0.6 is 11.8 Å². The van der Waals surface area contributed by atoms with Crippen molar-refractivity contribution in [3.05, 3.63) is 42.0 Å². The van der Waals surface area contributed by atoms with Crippen LogP contribution in [-0.4, -0.2) is 37.3 Å². The van der Waals surface area contributed by atoms with Gasteiger partial charge in [0.05, 0.1) is 13.7 Å². The highest BCUT2D eigenvalue weighted by atomic mass is 32.2. The Morgan fingerprint density at radius 1 is 1.21 bits per heavy atom. The first kappa shape index (κ1) is 16.7. The molecule has 0 aromatic heterocycles. The van der Waals surface area contributed by atoms with Gasteiger partial charge in [-0.15, -0.1) is 11.8 Å². The lowest BCUT2D eigenvalue weighted by atomic mass is 10.0. The molecule has 126 valence electrons. The molecule has 2 aromatic carbocycles. The van der Waals surface area contributed by atoms with Crippen molar-refractivity contribution in [2.75, 3.05) is 26.5 Å². The molecule has 1 heterocycles. The second-order valence-corrected chi connectivity index (χ2v) is 6.56. The molecule has 5 heteroatoms. The highest BCUT2D eigenvalue weighted by molar-refractivity contribution is 7.98. The van der Waals surface area contributed by atoms with E-state index in [4.69, 9.17) is 9.47 Å². The molecule has 24 heavy (non-hydrogen) atoms. The summed E-state index contributed by atoms with van der Waals surface area (Å²) in [5.41, 5.74) is 3.16. The first-order valence-corrected chi connectivity index (χ1v) is 9.08. The predicted molar refractivity (Wildman–Crippen MR) is 96.8 cm³/mol. The third-order valence-corrected chi connectivity index (χ3v) is 4.93. The van der Waals surface area contributed by atoms with Crippen molar-refractivity contribution in [3.63, 3.8) is 0 Å². The lowest BCUT2D eigenvalue weighted by molar-refractivity contribution is -0.129. The SMILES string of the molecule is COc1cc(-c2ccc(SC)cc2)cc2c1OCCN(C(C)=O)C2. The summed E-state index contributed by atoms with van der Waals surface area (Å²) in [7, 11) is 1.65. The van der Waals surface area contributed by atoms with Crippen molar-refractivity contribution in [3.8, 4) is 22.6 Å². The molecule has 1 aliphatic rings. The predicted octanol–water partition coefficient (Wildman–Crippen LogP) is 3.83. The molecule has 2 aromatic rings. The number of rotatable bonds is 3. The number of amides is 1. The monoisotopic (exact) mass is 343 g/mol. The minimum atomic E-state index is 0.0557. The maximum Gasteiger partial charge on any atom is 0.219 e. The summed E-state index contributed by atoms with van der Waals surface area (Å²) in [5, 5.41) is 0. The molecular formula is C19H21NO3S. The summed E-state index contributed by atoms with van der Waals surface area (Å²) in [6.07, 6.45) is 2.06. The van der Waals surface area contributed by atoms with Crippen LogP contribution in [0.15, 0.2) is 41.3 Å². The molecule has 0 radical (unpaired) electrons. The number of carbonyl (C=O) groups excluding carboxylic acids is 1. The maximum absolute atomic E-state index is 11.8. The van der Waals surface area contributed by atoms with Gasteiger partial charge in [0.2, 0.25) is 5.91 Å². The fraction of sp³-hybridized carbons (Fsp3) is 0.316. The van der Waals surface area contributed by atoms with Gasteiger partial charge in [0.15, 0.2) is 11.5 Å². The molecule has 0 N–H and O–H groups in total. The van der Waals surface area contributed by atoms with E-state index in [2.05, 4.69) is 36.6 Å². The fourth-order valence-electron chi connectivity index (χ4n) is 2.85. The number of thioether (sulfide) groups is 1. The molecule has 1 amide bonds. The van der Waals surface area contributed by atoms with Gasteiger partial charge in [-0.2, -0.15) is 0 Å². The third-order valence-electron chi connectivity index (χ3n) is 4.19. The van der Waals surface area contributed by atoms with Crippen LogP contribution in [0.2, 0.25) is 0 Å². The third kappa shape index (κ3) is 3.36. The molecule has 0 unspecified atom stereocenters. The van der Waals surface area contributed by atoms with Crippen molar-refractivity contribution in [1.82, 2.24) is 4.90 Å². The molecule has 4 nitrogen and oxygen atoms in total. The number of hydrogen-bond donors (Lipinski definition) is 0. The second-order valence-electron chi connectivity index (χ2n) is 5.68. The molecule has 0 bridgehead atoms. The summed E-state index contributed by atoms with van der Waals surface area (Å²) in [6, 6.07) is 12.5. The van der Waals surface area contributed by atoms with Crippen LogP contribution < -0.4 is 9.47 Å². The van der Waals surface area contributed by atoms with E-state index in [0.717, 1.165) is 22.4 Å². The average molecular weight is 343 g/mol. The smallest absolute Gasteiger partial charge is 0.219 e. The number of nitrogens with zero attached hydrogens (tertiary/aromatic N) is 1. The van der Waals surface area contributed by atoms with Crippen molar-refractivity contribution >= 4 is 17.7 Å². The van der Waals surface area contributed by atoms with Crippen LogP contribution in [0.1, 0.15) is 12.5 Å². The van der Waals surface area contributed by atoms with Crippen LogP contribution in [0.4, 0.5) is 0 Å². The quantitative estimate of drug-likeness (QED) is 0.794. The van der Waals surface area contributed by atoms with Gasteiger partial charge >= 0.3 is 0 Å². The molecule has 0 aliphatic carbocycles. The minimum absolute atomic E-state index is 0.0557. The number of hydrogen-bond acceptors (Lipinski definition) is 4. The summed E-state index contributed by atoms with van der Waals surface area (Å²) in [4.78, 5) is 14.8. The fourth-order valence-corrected chi connectivity index (χ4v) is 3.26. The summed E-state index contributed by atoms with van der Waals surface area (Å²) >= 11 is 1.72. The molecule has 3 rings (SSSR count). The zero-order chi connectivity index (χ0) is 17.1. The molecular weight excluding hydrogens is 322 g/mol. The van der Waals surface area contributed by atoms with E-state index in [-0.39, 0.29) is 5.91 Å². The standard InChI is InChI=1S/C19H21NO3S/c1-13(21)20-8-9-23-19-16(12-20)10-15(11-18(19)22-2)14-4-6-17(24-3)7-5-14/h4-7,10-11H,8-9,12H2,1-3H3. The first-order valence-electron chi connectivity index (χ1n) is 7.86. The Hall–Kier alpha value is -2.14. The molecule has 0 spiro atoms. The molecule has 0 saturated carbocycles. The van der Waals surface area contributed by atoms with Crippen molar-refractivity contribution in [1.29, 1.82) is 0 Å². The zero-order valence-corrected chi connectivity index (χ0v) is 15.0. The maximum atomic E-state index is 11.8. The van der Waals surface area contributed by atoms with E-state index in [1.54, 1.807) is 30.7 Å². The number of benzene rings is 2. The van der Waals surface area contributed by atoms with Crippen molar-refractivity contribution in [2.45, 2.75) is 18.4 Å². The van der Waals surface area contributed by atoms with E-state index in [1.165, 1.54) is 4.90 Å². The second kappa shape index (κ2) is 7.18. The lowest BCUT2D eigenvalue weighted by Gasteiger charge is -2.18. The molecule has 0 fully saturated rings. The number of carbonyl (C=O) groups is 1. The summed E-state index contributed by atoms with van der Waals surface area (Å²) < 4.78 is 11.4. The molecule has 1 aliphatic heterocycles. The van der Waals surface area contributed by atoms with Gasteiger partial charge < -0.3 is 14.4 Å². The highest BCUT2D eigenvalue weighted by Gasteiger charge is 2.21. The number of ether oxygens (including phenoxy) is 2. The van der Waals surface area contributed by atoms with Crippen LogP contribution in [-0.2, 0) is 11.3 Å². The van der Waals surface area contributed by atoms with Crippen LogP contribution in [0, 0.1) is 0 Å². The Balaban J connectivity index is 2.04. The Kier molecular flexibility index (Phi) is 5.00. The number of methoxy groups -OCH3 is 1. The van der Waals surface area contributed by atoms with E-state index in [9.17, 15) is 4.79 Å². The molecule has 0 saturated heterocycles. The molecule has 0 atom stereocenters. The van der Waals surface area contributed by atoms with Crippen molar-refractivity contribution in [2.24, 2.45) is 0 Å². The van der Waals surface area contributed by atoms with Gasteiger partial charge in [-0.25, -0.2) is 0 Å². The van der Waals surface area contributed by atoms with Gasteiger partial charge in [-0.3, -0.25) is 4.79 Å². The summed E-state index contributed by atoms with van der Waals surface area (Å²) in [5.74, 6) is 1.51. The zero-order valence-electron chi connectivity index (χ0n) is 14.2. The van der Waals surface area contributed by atoms with Crippen LogP contribution in [0.25, 0.3) is 11.1 Å². The van der Waals surface area contributed by atoms with E-state index in [0.29, 0.717) is 25.4 Å².